The lowest BCUT2D eigenvalue weighted by atomic mass is 9.91. The van der Waals surface area contributed by atoms with E-state index in [2.05, 4.69) is 90.4 Å². The van der Waals surface area contributed by atoms with E-state index >= 15 is 0 Å². The van der Waals surface area contributed by atoms with Gasteiger partial charge in [-0.3, -0.25) is 0 Å². The van der Waals surface area contributed by atoms with Crippen molar-refractivity contribution in [2.75, 3.05) is 0 Å². The lowest BCUT2D eigenvalue weighted by Gasteiger charge is -2.21. The number of para-hydroxylation sites is 1. The third kappa shape index (κ3) is 3.58. The molecule has 9 rings (SSSR count). The second kappa shape index (κ2) is 9.53. The summed E-state index contributed by atoms with van der Waals surface area (Å²) in [7, 11) is 0. The van der Waals surface area contributed by atoms with E-state index in [0.29, 0.717) is 17.0 Å². The van der Waals surface area contributed by atoms with E-state index in [1.807, 2.05) is 35.6 Å². The van der Waals surface area contributed by atoms with Gasteiger partial charge in [0.25, 0.3) is 0 Å². The van der Waals surface area contributed by atoms with Crippen molar-refractivity contribution in [2.45, 2.75) is 26.2 Å². The molecule has 7 aromatic rings. The Bertz CT molecular complexity index is 2520. The number of rotatable bonds is 2. The predicted octanol–water partition coefficient (Wildman–Crippen LogP) is 10.8. The molecule has 2 aliphatic carbocycles. The van der Waals surface area contributed by atoms with Crippen LogP contribution in [0.3, 0.4) is 0 Å². The Labute approximate surface area is 262 Å². The number of hydrogen-bond acceptors (Lipinski definition) is 4. The standard InChI is InChI=1S/C39H25N3S2/c1-22-9-12-28-27-6-2-3-8-32(27)42(33(28)17-22)38-25(21-41)5-4-7-26(38)24-11-15-35-31(19-24)37-36(43-35)16-13-29-30-18-23(20-40)10-14-34(30)44-39(29)37/h3-5,7-16,18-19,22H,2,6,17H2,1H3. The normalized spacial score (nSPS) is 15.6. The fourth-order valence-electron chi connectivity index (χ4n) is 7.30. The van der Waals surface area contributed by atoms with E-state index in [4.69, 9.17) is 0 Å². The number of nitriles is 2. The largest absolute Gasteiger partial charge is 0.311 e. The zero-order valence-corrected chi connectivity index (χ0v) is 25.7. The average molecular weight is 600 g/mol. The van der Waals surface area contributed by atoms with Gasteiger partial charge in [0.2, 0.25) is 0 Å². The number of hydrogen-bond donors (Lipinski definition) is 0. The molecule has 0 bridgehead atoms. The molecule has 0 aliphatic heterocycles. The molecule has 0 amide bonds. The Morgan fingerprint density at radius 2 is 1.70 bits per heavy atom. The van der Waals surface area contributed by atoms with E-state index < -0.39 is 0 Å². The fourth-order valence-corrected chi connectivity index (χ4v) is 9.70. The molecule has 208 valence electrons. The average Bonchev–Trinajstić information content (AvgIpc) is 3.72. The van der Waals surface area contributed by atoms with E-state index in [0.717, 1.165) is 41.5 Å². The van der Waals surface area contributed by atoms with Gasteiger partial charge in [0.15, 0.2) is 0 Å². The first-order valence-corrected chi connectivity index (χ1v) is 16.6. The maximum absolute atomic E-state index is 10.4. The molecule has 4 aromatic carbocycles. The molecule has 3 aromatic heterocycles. The summed E-state index contributed by atoms with van der Waals surface area (Å²) < 4.78 is 7.39. The molecule has 5 heteroatoms. The van der Waals surface area contributed by atoms with Crippen LogP contribution >= 0.6 is 22.7 Å². The molecular weight excluding hydrogens is 575 g/mol. The summed E-state index contributed by atoms with van der Waals surface area (Å²) in [5.41, 5.74) is 9.83. The molecule has 0 radical (unpaired) electrons. The van der Waals surface area contributed by atoms with Crippen molar-refractivity contribution in [2.24, 2.45) is 5.92 Å². The number of benzene rings is 4. The van der Waals surface area contributed by atoms with Gasteiger partial charge in [0.05, 0.1) is 22.9 Å². The van der Waals surface area contributed by atoms with Crippen LogP contribution < -0.4 is 0 Å². The van der Waals surface area contributed by atoms with Crippen LogP contribution in [0.25, 0.3) is 69.3 Å². The second-order valence-corrected chi connectivity index (χ2v) is 14.0. The molecular formula is C39H25N3S2. The van der Waals surface area contributed by atoms with Crippen LogP contribution in [-0.4, -0.2) is 4.57 Å². The summed E-state index contributed by atoms with van der Waals surface area (Å²) in [6.07, 6.45) is 12.2. The molecule has 1 atom stereocenters. The van der Waals surface area contributed by atoms with E-state index in [-0.39, 0.29) is 0 Å². The lowest BCUT2D eigenvalue weighted by molar-refractivity contribution is 0.686. The van der Waals surface area contributed by atoms with Gasteiger partial charge in [-0.2, -0.15) is 10.5 Å². The number of aromatic nitrogens is 1. The Morgan fingerprint density at radius 3 is 2.59 bits per heavy atom. The van der Waals surface area contributed by atoms with Crippen molar-refractivity contribution in [3.63, 3.8) is 0 Å². The maximum Gasteiger partial charge on any atom is 0.101 e. The van der Waals surface area contributed by atoms with Crippen molar-refractivity contribution in [1.29, 1.82) is 10.5 Å². The van der Waals surface area contributed by atoms with Crippen LogP contribution in [0.1, 0.15) is 47.0 Å². The van der Waals surface area contributed by atoms with Crippen molar-refractivity contribution >= 4 is 75.2 Å². The maximum atomic E-state index is 10.4. The molecule has 3 nitrogen and oxygen atoms in total. The summed E-state index contributed by atoms with van der Waals surface area (Å²) in [5, 5.41) is 24.8. The van der Waals surface area contributed by atoms with Gasteiger partial charge in [-0.15, -0.1) is 22.7 Å². The van der Waals surface area contributed by atoms with Crippen molar-refractivity contribution < 1.29 is 0 Å². The third-order valence-corrected chi connectivity index (χ3v) is 11.6. The minimum Gasteiger partial charge on any atom is -0.311 e. The van der Waals surface area contributed by atoms with Gasteiger partial charge < -0.3 is 4.57 Å². The molecule has 1 unspecified atom stereocenters. The Balaban J connectivity index is 1.33. The zero-order chi connectivity index (χ0) is 29.5. The highest BCUT2D eigenvalue weighted by Gasteiger charge is 2.28. The quantitative estimate of drug-likeness (QED) is 0.198. The zero-order valence-electron chi connectivity index (χ0n) is 24.0. The first-order valence-electron chi connectivity index (χ1n) is 15.0. The van der Waals surface area contributed by atoms with Crippen LogP contribution in [0.4, 0.5) is 0 Å². The lowest BCUT2D eigenvalue weighted by Crippen LogP contribution is -2.11. The molecule has 44 heavy (non-hydrogen) atoms. The van der Waals surface area contributed by atoms with Gasteiger partial charge in [-0.05, 0) is 90.4 Å². The summed E-state index contributed by atoms with van der Waals surface area (Å²) in [4.78, 5) is 0. The topological polar surface area (TPSA) is 52.5 Å². The highest BCUT2D eigenvalue weighted by atomic mass is 32.1. The molecule has 0 spiro atoms. The van der Waals surface area contributed by atoms with E-state index in [1.165, 1.54) is 57.5 Å². The number of thiophene rings is 2. The highest BCUT2D eigenvalue weighted by Crippen LogP contribution is 2.46. The van der Waals surface area contributed by atoms with Crippen LogP contribution in [0.15, 0.2) is 78.9 Å². The van der Waals surface area contributed by atoms with Crippen LogP contribution in [0.5, 0.6) is 0 Å². The highest BCUT2D eigenvalue weighted by molar-refractivity contribution is 7.29. The number of fused-ring (bicyclic) bond motifs is 10. The molecule has 3 heterocycles. The number of nitrogens with zero attached hydrogens (tertiary/aromatic N) is 3. The summed E-state index contributed by atoms with van der Waals surface area (Å²) in [5.74, 6) is 0.445. The van der Waals surface area contributed by atoms with Crippen LogP contribution in [0, 0.1) is 28.6 Å². The summed E-state index contributed by atoms with van der Waals surface area (Å²) in [6, 6.07) is 28.3. The van der Waals surface area contributed by atoms with Crippen LogP contribution in [0.2, 0.25) is 0 Å². The van der Waals surface area contributed by atoms with Gasteiger partial charge in [-0.25, -0.2) is 0 Å². The molecule has 2 aliphatic rings. The second-order valence-electron chi connectivity index (χ2n) is 11.9. The monoisotopic (exact) mass is 599 g/mol. The molecule has 0 saturated carbocycles. The Hall–Kier alpha value is -4.94. The first-order chi connectivity index (χ1) is 21.6. The Kier molecular flexibility index (Phi) is 5.53. The molecule has 0 N–H and O–H groups in total. The Morgan fingerprint density at radius 1 is 0.841 bits per heavy atom. The molecule has 0 fully saturated rings. The SMILES string of the molecule is CC1C=Cc2c3c(n(-c4c(C#N)cccc4-c4ccc5sc6ccc7c8cc(C#N)ccc8sc7c6c5c4)c2C1)C=CCC3. The minimum atomic E-state index is 0.445. The van der Waals surface area contributed by atoms with E-state index in [1.54, 1.807) is 11.3 Å². The fraction of sp³-hybridized carbons (Fsp3) is 0.128. The van der Waals surface area contributed by atoms with Gasteiger partial charge >= 0.3 is 0 Å². The van der Waals surface area contributed by atoms with E-state index in [9.17, 15) is 10.5 Å². The smallest absolute Gasteiger partial charge is 0.101 e. The minimum absolute atomic E-state index is 0.445. The third-order valence-electron chi connectivity index (χ3n) is 9.29. The van der Waals surface area contributed by atoms with Crippen molar-refractivity contribution in [3.05, 3.63) is 113 Å². The molecule has 0 saturated heterocycles. The van der Waals surface area contributed by atoms with Crippen LogP contribution in [-0.2, 0) is 12.8 Å². The van der Waals surface area contributed by atoms with Crippen molar-refractivity contribution in [3.8, 4) is 29.0 Å². The number of allylic oxidation sites excluding steroid dienone is 2. The van der Waals surface area contributed by atoms with Crippen molar-refractivity contribution in [1.82, 2.24) is 4.57 Å². The van der Waals surface area contributed by atoms with Gasteiger partial charge in [0, 0.05) is 57.3 Å². The summed E-state index contributed by atoms with van der Waals surface area (Å²) in [6.45, 7) is 2.27. The first kappa shape index (κ1) is 25.5. The van der Waals surface area contributed by atoms with Gasteiger partial charge in [0.1, 0.15) is 6.07 Å². The summed E-state index contributed by atoms with van der Waals surface area (Å²) >= 11 is 3.63. The predicted molar refractivity (Wildman–Crippen MR) is 186 cm³/mol. The van der Waals surface area contributed by atoms with Gasteiger partial charge in [-0.1, -0.05) is 49.4 Å².